The fraction of sp³-hybridized carbons (Fsp3) is 0.182. The number of methoxy groups -OCH3 is 2. The van der Waals surface area contributed by atoms with Crippen LogP contribution in [0.25, 0.3) is 5.52 Å². The fourth-order valence-electron chi connectivity index (χ4n) is 3.31. The molecule has 1 N–H and O–H groups in total. The van der Waals surface area contributed by atoms with Crippen molar-refractivity contribution in [3.8, 4) is 17.2 Å². The van der Waals surface area contributed by atoms with Crippen molar-refractivity contribution in [1.82, 2.24) is 14.6 Å². The number of anilines is 1. The number of hydrogen-bond acceptors (Lipinski definition) is 6. The molecule has 7 nitrogen and oxygen atoms in total. The molecule has 8 heteroatoms. The first-order chi connectivity index (χ1) is 14.6. The maximum Gasteiger partial charge on any atom is 0.161 e. The molecule has 0 aliphatic rings. The third kappa shape index (κ3) is 4.04. The van der Waals surface area contributed by atoms with Crippen LogP contribution >= 0.6 is 15.9 Å². The Hall–Kier alpha value is -3.26. The summed E-state index contributed by atoms with van der Waals surface area (Å²) in [6.45, 7) is 1.18. The molecule has 0 fully saturated rings. The number of aromatic nitrogens is 3. The van der Waals surface area contributed by atoms with Crippen LogP contribution in [-0.4, -0.2) is 33.9 Å². The van der Waals surface area contributed by atoms with E-state index in [4.69, 9.17) is 9.47 Å². The lowest BCUT2D eigenvalue weighted by Gasteiger charge is -2.25. The van der Waals surface area contributed by atoms with Crippen molar-refractivity contribution in [1.29, 1.82) is 0 Å². The van der Waals surface area contributed by atoms with Gasteiger partial charge in [0.1, 0.15) is 28.2 Å². The van der Waals surface area contributed by atoms with Gasteiger partial charge < -0.3 is 19.5 Å². The van der Waals surface area contributed by atoms with Crippen LogP contribution in [0.1, 0.15) is 11.1 Å². The zero-order valence-electron chi connectivity index (χ0n) is 16.6. The molecule has 30 heavy (non-hydrogen) atoms. The molecule has 0 saturated carbocycles. The van der Waals surface area contributed by atoms with Gasteiger partial charge in [0.2, 0.25) is 0 Å². The Balaban J connectivity index is 1.74. The highest BCUT2D eigenvalue weighted by atomic mass is 79.9. The Morgan fingerprint density at radius 1 is 0.933 bits per heavy atom. The van der Waals surface area contributed by atoms with E-state index in [1.165, 1.54) is 6.33 Å². The minimum Gasteiger partial charge on any atom is -0.505 e. The monoisotopic (exact) mass is 468 g/mol. The van der Waals surface area contributed by atoms with E-state index in [0.717, 1.165) is 22.6 Å². The van der Waals surface area contributed by atoms with Gasteiger partial charge in [0, 0.05) is 19.2 Å². The highest BCUT2D eigenvalue weighted by molar-refractivity contribution is 9.10. The molecule has 2 aromatic carbocycles. The Labute approximate surface area is 182 Å². The van der Waals surface area contributed by atoms with E-state index < -0.39 is 0 Å². The number of hydrogen-bond donors (Lipinski definition) is 1. The van der Waals surface area contributed by atoms with Gasteiger partial charge in [0.05, 0.1) is 14.2 Å². The second-order valence-electron chi connectivity index (χ2n) is 6.75. The molecule has 4 aromatic rings. The number of ether oxygens (including phenoxy) is 2. The minimum atomic E-state index is 0.118. The topological polar surface area (TPSA) is 72.1 Å². The molecular weight excluding hydrogens is 448 g/mol. The number of fused-ring (bicyclic) bond motifs is 1. The Bertz CT molecular complexity index is 1090. The summed E-state index contributed by atoms with van der Waals surface area (Å²) in [5.41, 5.74) is 2.73. The first-order valence-corrected chi connectivity index (χ1v) is 10.1. The third-order valence-electron chi connectivity index (χ3n) is 4.84. The lowest BCUT2D eigenvalue weighted by molar-refractivity contribution is 0.414. The summed E-state index contributed by atoms with van der Waals surface area (Å²) in [5, 5.41) is 14.7. The summed E-state index contributed by atoms with van der Waals surface area (Å²) in [7, 11) is 3.30. The van der Waals surface area contributed by atoms with Crippen LogP contribution in [0.4, 0.5) is 5.82 Å². The van der Waals surface area contributed by atoms with Gasteiger partial charge in [-0.25, -0.2) is 9.50 Å². The Morgan fingerprint density at radius 3 is 1.97 bits per heavy atom. The highest BCUT2D eigenvalue weighted by Crippen LogP contribution is 2.33. The molecule has 0 saturated heterocycles. The molecule has 0 amide bonds. The van der Waals surface area contributed by atoms with E-state index >= 15 is 0 Å². The molecule has 0 atom stereocenters. The van der Waals surface area contributed by atoms with Crippen LogP contribution in [0, 0.1) is 0 Å². The van der Waals surface area contributed by atoms with Gasteiger partial charge >= 0.3 is 0 Å². The number of nitrogens with zero attached hydrogens (tertiary/aromatic N) is 4. The van der Waals surface area contributed by atoms with Crippen LogP contribution < -0.4 is 14.4 Å². The van der Waals surface area contributed by atoms with E-state index in [0.29, 0.717) is 29.0 Å². The lowest BCUT2D eigenvalue weighted by Crippen LogP contribution is -2.24. The van der Waals surface area contributed by atoms with Crippen LogP contribution in [0.5, 0.6) is 17.2 Å². The van der Waals surface area contributed by atoms with E-state index in [1.807, 2.05) is 48.5 Å². The predicted octanol–water partition coefficient (Wildman–Crippen LogP) is 4.42. The lowest BCUT2D eigenvalue weighted by atomic mass is 10.1. The molecule has 0 aliphatic carbocycles. The molecule has 4 rings (SSSR count). The van der Waals surface area contributed by atoms with Gasteiger partial charge in [0.15, 0.2) is 11.3 Å². The van der Waals surface area contributed by atoms with E-state index in [2.05, 4.69) is 30.9 Å². The summed E-state index contributed by atoms with van der Waals surface area (Å²) < 4.78 is 12.8. The van der Waals surface area contributed by atoms with Gasteiger partial charge in [-0.05, 0) is 51.3 Å². The molecular formula is C22H21BrN4O3. The molecule has 0 spiro atoms. The number of aromatic hydroxyl groups is 1. The molecule has 0 unspecified atom stereocenters. The summed E-state index contributed by atoms with van der Waals surface area (Å²) in [6, 6.07) is 17.4. The van der Waals surface area contributed by atoms with E-state index in [9.17, 15) is 5.11 Å². The van der Waals surface area contributed by atoms with Crippen LogP contribution in [0.3, 0.4) is 0 Å². The zero-order valence-corrected chi connectivity index (χ0v) is 18.2. The van der Waals surface area contributed by atoms with Crippen LogP contribution in [-0.2, 0) is 13.1 Å². The molecule has 154 valence electrons. The van der Waals surface area contributed by atoms with E-state index in [1.54, 1.807) is 24.8 Å². The summed E-state index contributed by atoms with van der Waals surface area (Å²) in [6.07, 6.45) is 1.49. The van der Waals surface area contributed by atoms with Gasteiger partial charge in [-0.2, -0.15) is 5.10 Å². The largest absolute Gasteiger partial charge is 0.505 e. The van der Waals surface area contributed by atoms with Gasteiger partial charge in [-0.3, -0.25) is 0 Å². The third-order valence-corrected chi connectivity index (χ3v) is 5.40. The minimum absolute atomic E-state index is 0.118. The maximum absolute atomic E-state index is 10.5. The quantitative estimate of drug-likeness (QED) is 0.432. The first-order valence-electron chi connectivity index (χ1n) is 9.31. The van der Waals surface area contributed by atoms with Crippen LogP contribution in [0.15, 0.2) is 65.5 Å². The predicted molar refractivity (Wildman–Crippen MR) is 118 cm³/mol. The van der Waals surface area contributed by atoms with Crippen molar-refractivity contribution in [2.24, 2.45) is 0 Å². The van der Waals surface area contributed by atoms with Crippen molar-refractivity contribution in [3.63, 3.8) is 0 Å². The average Bonchev–Trinajstić information content (AvgIpc) is 3.08. The van der Waals surface area contributed by atoms with Crippen molar-refractivity contribution >= 4 is 27.3 Å². The SMILES string of the molecule is COc1ccc(CN(Cc2ccc(OC)cc2)c2ncnn3c(Br)cc(O)c23)cc1. The average molecular weight is 469 g/mol. The summed E-state index contributed by atoms with van der Waals surface area (Å²) >= 11 is 3.43. The zero-order chi connectivity index (χ0) is 21.1. The van der Waals surface area contributed by atoms with Crippen LogP contribution in [0.2, 0.25) is 0 Å². The highest BCUT2D eigenvalue weighted by Gasteiger charge is 2.19. The first kappa shape index (κ1) is 20.0. The molecule has 2 aromatic heterocycles. The van der Waals surface area contributed by atoms with Crippen molar-refractivity contribution in [2.45, 2.75) is 13.1 Å². The molecule has 0 aliphatic heterocycles. The van der Waals surface area contributed by atoms with Gasteiger partial charge in [-0.1, -0.05) is 24.3 Å². The fourth-order valence-corrected chi connectivity index (χ4v) is 3.80. The second-order valence-corrected chi connectivity index (χ2v) is 7.56. The van der Waals surface area contributed by atoms with Crippen molar-refractivity contribution < 1.29 is 14.6 Å². The smallest absolute Gasteiger partial charge is 0.161 e. The normalized spacial score (nSPS) is 10.9. The van der Waals surface area contributed by atoms with E-state index in [-0.39, 0.29) is 5.75 Å². The number of halogens is 1. The molecule has 0 bridgehead atoms. The van der Waals surface area contributed by atoms with Gasteiger partial charge in [0.25, 0.3) is 0 Å². The number of benzene rings is 2. The summed E-state index contributed by atoms with van der Waals surface area (Å²) in [5.74, 6) is 2.36. The molecule has 0 radical (unpaired) electrons. The second kappa shape index (κ2) is 8.62. The summed E-state index contributed by atoms with van der Waals surface area (Å²) in [4.78, 5) is 6.61. The Morgan fingerprint density at radius 2 is 1.47 bits per heavy atom. The van der Waals surface area contributed by atoms with Crippen molar-refractivity contribution in [2.75, 3.05) is 19.1 Å². The standard InChI is InChI=1S/C22H21BrN4O3/c1-29-17-7-3-15(4-8-17)12-26(13-16-5-9-18(30-2)10-6-16)22-21-19(28)11-20(23)27(21)25-14-24-22/h3-11,14,28H,12-13H2,1-2H3. The molecule has 2 heterocycles. The Kier molecular flexibility index (Phi) is 5.76. The van der Waals surface area contributed by atoms with Gasteiger partial charge in [-0.15, -0.1) is 0 Å². The van der Waals surface area contributed by atoms with Crippen molar-refractivity contribution in [3.05, 3.63) is 76.7 Å². The number of rotatable bonds is 7. The maximum atomic E-state index is 10.5.